The molecule has 1 aliphatic heterocycles. The van der Waals surface area contributed by atoms with Gasteiger partial charge < -0.3 is 4.90 Å². The van der Waals surface area contributed by atoms with Crippen molar-refractivity contribution in [1.29, 1.82) is 0 Å². The summed E-state index contributed by atoms with van der Waals surface area (Å²) in [7, 11) is 0. The van der Waals surface area contributed by atoms with Crippen LogP contribution in [0.5, 0.6) is 0 Å². The first-order chi connectivity index (χ1) is 10.1. The van der Waals surface area contributed by atoms with E-state index in [2.05, 4.69) is 9.97 Å². The summed E-state index contributed by atoms with van der Waals surface area (Å²) in [5.41, 5.74) is 0.972. The molecule has 2 heterocycles. The van der Waals surface area contributed by atoms with E-state index in [0.717, 1.165) is 12.1 Å². The number of nitrogens with zero attached hydrogens (tertiary/aromatic N) is 3. The number of aryl methyl sites for hydroxylation is 1. The first-order valence-electron chi connectivity index (χ1n) is 6.82. The maximum Gasteiger partial charge on any atom is 0.187 e. The van der Waals surface area contributed by atoms with E-state index in [-0.39, 0.29) is 17.9 Å². The molecule has 0 aliphatic carbocycles. The van der Waals surface area contributed by atoms with E-state index in [0.29, 0.717) is 30.6 Å². The van der Waals surface area contributed by atoms with Crippen molar-refractivity contribution in [2.24, 2.45) is 0 Å². The Morgan fingerprint density at radius 2 is 1.81 bits per heavy atom. The fourth-order valence-corrected chi connectivity index (χ4v) is 2.64. The second-order valence-corrected chi connectivity index (χ2v) is 4.97. The predicted octanol–water partition coefficient (Wildman–Crippen LogP) is 3.02. The smallest absolute Gasteiger partial charge is 0.187 e. The summed E-state index contributed by atoms with van der Waals surface area (Å²) in [6.45, 7) is 2.30. The van der Waals surface area contributed by atoms with Gasteiger partial charge in [0.1, 0.15) is 18.0 Å². The fraction of sp³-hybridized carbons (Fsp3) is 0.333. The molecule has 0 radical (unpaired) electrons. The Morgan fingerprint density at radius 3 is 2.52 bits per heavy atom. The van der Waals surface area contributed by atoms with E-state index < -0.39 is 17.5 Å². The minimum absolute atomic E-state index is 0.107. The third kappa shape index (κ3) is 2.34. The van der Waals surface area contributed by atoms with E-state index in [9.17, 15) is 13.2 Å². The second kappa shape index (κ2) is 5.35. The third-order valence-electron chi connectivity index (χ3n) is 3.78. The van der Waals surface area contributed by atoms with E-state index in [4.69, 9.17) is 0 Å². The van der Waals surface area contributed by atoms with Crippen molar-refractivity contribution in [3.8, 4) is 0 Å². The standard InChI is InChI=1S/C15H14F3N3/c1-2-13-14(18)15(20-8-19-13)21-6-5-9-10(7-21)12(17)4-3-11(9)16/h3-4,8H,2,5-7H2,1H3. The zero-order valence-corrected chi connectivity index (χ0v) is 11.5. The number of fused-ring (bicyclic) bond motifs is 1. The summed E-state index contributed by atoms with van der Waals surface area (Å²) in [5.74, 6) is -1.22. The third-order valence-corrected chi connectivity index (χ3v) is 3.78. The molecule has 1 aliphatic rings. The van der Waals surface area contributed by atoms with Gasteiger partial charge in [-0.3, -0.25) is 0 Å². The van der Waals surface area contributed by atoms with Gasteiger partial charge >= 0.3 is 0 Å². The number of rotatable bonds is 2. The van der Waals surface area contributed by atoms with Crippen LogP contribution >= 0.6 is 0 Å². The molecule has 0 N–H and O–H groups in total. The highest BCUT2D eigenvalue weighted by atomic mass is 19.1. The van der Waals surface area contributed by atoms with Gasteiger partial charge in [-0.15, -0.1) is 0 Å². The molecule has 0 saturated carbocycles. The highest BCUT2D eigenvalue weighted by molar-refractivity contribution is 5.46. The molecule has 0 amide bonds. The molecule has 1 aromatic heterocycles. The van der Waals surface area contributed by atoms with Gasteiger partial charge in [0.15, 0.2) is 11.6 Å². The molecular weight excluding hydrogens is 279 g/mol. The van der Waals surface area contributed by atoms with Crippen LogP contribution in [0, 0.1) is 17.5 Å². The number of hydrogen-bond donors (Lipinski definition) is 0. The van der Waals surface area contributed by atoms with Gasteiger partial charge in [0.05, 0.1) is 5.69 Å². The van der Waals surface area contributed by atoms with Crippen LogP contribution in [0.25, 0.3) is 0 Å². The molecule has 0 bridgehead atoms. The Bertz CT molecular complexity index is 688. The molecule has 1 aromatic carbocycles. The molecule has 3 nitrogen and oxygen atoms in total. The Hall–Kier alpha value is -2.11. The molecule has 0 fully saturated rings. The van der Waals surface area contributed by atoms with Gasteiger partial charge in [0.25, 0.3) is 0 Å². The van der Waals surface area contributed by atoms with Gasteiger partial charge in [-0.05, 0) is 30.5 Å². The van der Waals surface area contributed by atoms with Crippen molar-refractivity contribution in [3.63, 3.8) is 0 Å². The van der Waals surface area contributed by atoms with Crippen molar-refractivity contribution in [2.45, 2.75) is 26.3 Å². The summed E-state index contributed by atoms with van der Waals surface area (Å²) in [6, 6.07) is 2.23. The number of anilines is 1. The summed E-state index contributed by atoms with van der Waals surface area (Å²) in [6.07, 6.45) is 2.08. The van der Waals surface area contributed by atoms with Crippen LogP contribution in [0.15, 0.2) is 18.5 Å². The van der Waals surface area contributed by atoms with Crippen LogP contribution < -0.4 is 4.90 Å². The summed E-state index contributed by atoms with van der Waals surface area (Å²) >= 11 is 0. The van der Waals surface area contributed by atoms with E-state index in [1.54, 1.807) is 11.8 Å². The van der Waals surface area contributed by atoms with E-state index in [1.807, 2.05) is 0 Å². The lowest BCUT2D eigenvalue weighted by Crippen LogP contribution is -2.33. The highest BCUT2D eigenvalue weighted by Gasteiger charge is 2.25. The van der Waals surface area contributed by atoms with Crippen LogP contribution in [-0.2, 0) is 19.4 Å². The Balaban J connectivity index is 1.99. The molecule has 0 spiro atoms. The molecule has 0 unspecified atom stereocenters. The molecular formula is C15H14F3N3. The Morgan fingerprint density at radius 1 is 1.10 bits per heavy atom. The Kier molecular flexibility index (Phi) is 3.53. The molecule has 21 heavy (non-hydrogen) atoms. The van der Waals surface area contributed by atoms with Crippen LogP contribution in [-0.4, -0.2) is 16.5 Å². The summed E-state index contributed by atoms with van der Waals surface area (Å²) < 4.78 is 41.8. The largest absolute Gasteiger partial charge is 0.349 e. The zero-order valence-electron chi connectivity index (χ0n) is 11.5. The monoisotopic (exact) mass is 293 g/mol. The minimum Gasteiger partial charge on any atom is -0.349 e. The summed E-state index contributed by atoms with van der Waals surface area (Å²) in [4.78, 5) is 9.47. The number of aromatic nitrogens is 2. The highest BCUT2D eigenvalue weighted by Crippen LogP contribution is 2.28. The number of hydrogen-bond acceptors (Lipinski definition) is 3. The maximum atomic E-state index is 14.3. The zero-order chi connectivity index (χ0) is 15.0. The van der Waals surface area contributed by atoms with Gasteiger partial charge in [-0.25, -0.2) is 23.1 Å². The molecule has 0 saturated heterocycles. The predicted molar refractivity (Wildman–Crippen MR) is 72.5 cm³/mol. The molecule has 110 valence electrons. The topological polar surface area (TPSA) is 29.0 Å². The SMILES string of the molecule is CCc1ncnc(N2CCc3c(F)ccc(F)c3C2)c1F. The van der Waals surface area contributed by atoms with E-state index >= 15 is 0 Å². The normalized spacial score (nSPS) is 14.2. The first kappa shape index (κ1) is 13.9. The van der Waals surface area contributed by atoms with Crippen molar-refractivity contribution < 1.29 is 13.2 Å². The van der Waals surface area contributed by atoms with Crippen LogP contribution in [0.3, 0.4) is 0 Å². The minimum atomic E-state index is -0.486. The fourth-order valence-electron chi connectivity index (χ4n) is 2.64. The average molecular weight is 293 g/mol. The lowest BCUT2D eigenvalue weighted by Gasteiger charge is -2.30. The van der Waals surface area contributed by atoms with Gasteiger partial charge in [-0.1, -0.05) is 6.92 Å². The average Bonchev–Trinajstić information content (AvgIpc) is 2.51. The maximum absolute atomic E-state index is 14.3. The van der Waals surface area contributed by atoms with Crippen molar-refractivity contribution in [1.82, 2.24) is 9.97 Å². The number of halogens is 3. The van der Waals surface area contributed by atoms with Gasteiger partial charge in [-0.2, -0.15) is 0 Å². The molecule has 0 atom stereocenters. The Labute approximate surface area is 120 Å². The number of benzene rings is 1. The van der Waals surface area contributed by atoms with Gasteiger partial charge in [0, 0.05) is 18.7 Å². The molecule has 3 rings (SSSR count). The quantitative estimate of drug-likeness (QED) is 0.852. The van der Waals surface area contributed by atoms with Gasteiger partial charge in [0.2, 0.25) is 0 Å². The van der Waals surface area contributed by atoms with Crippen molar-refractivity contribution >= 4 is 5.82 Å². The van der Waals surface area contributed by atoms with Crippen LogP contribution in [0.2, 0.25) is 0 Å². The molecule has 2 aromatic rings. The van der Waals surface area contributed by atoms with Crippen molar-refractivity contribution in [3.05, 3.63) is 52.7 Å². The first-order valence-corrected chi connectivity index (χ1v) is 6.82. The lowest BCUT2D eigenvalue weighted by molar-refractivity contribution is 0.537. The van der Waals surface area contributed by atoms with Crippen LogP contribution in [0.4, 0.5) is 19.0 Å². The second-order valence-electron chi connectivity index (χ2n) is 4.97. The van der Waals surface area contributed by atoms with E-state index in [1.165, 1.54) is 6.33 Å². The molecule has 6 heteroatoms. The van der Waals surface area contributed by atoms with Crippen LogP contribution in [0.1, 0.15) is 23.7 Å². The summed E-state index contributed by atoms with van der Waals surface area (Å²) in [5, 5.41) is 0. The lowest BCUT2D eigenvalue weighted by atomic mass is 9.98. The van der Waals surface area contributed by atoms with Crippen molar-refractivity contribution in [2.75, 3.05) is 11.4 Å².